The molecule has 0 aliphatic rings. The molecule has 1 atom stereocenters. The molecule has 0 bridgehead atoms. The van der Waals surface area contributed by atoms with E-state index in [9.17, 15) is 9.28 Å². The molecule has 2 nitrogen and oxygen atoms in total. The van der Waals surface area contributed by atoms with E-state index in [1.807, 2.05) is 65.4 Å². The predicted molar refractivity (Wildman–Crippen MR) is 120 cm³/mol. The van der Waals surface area contributed by atoms with Gasteiger partial charge in [-0.25, -0.2) is 0 Å². The van der Waals surface area contributed by atoms with Crippen molar-refractivity contribution in [3.05, 3.63) is 106 Å². The summed E-state index contributed by atoms with van der Waals surface area (Å²) in [6.45, 7) is 2.00. The van der Waals surface area contributed by atoms with Crippen molar-refractivity contribution in [2.45, 2.75) is 12.1 Å². The van der Waals surface area contributed by atoms with E-state index in [4.69, 9.17) is 16.1 Å². The van der Waals surface area contributed by atoms with Crippen molar-refractivity contribution >= 4 is 39.0 Å². The van der Waals surface area contributed by atoms with E-state index in [1.165, 1.54) is 19.2 Å². The van der Waals surface area contributed by atoms with Gasteiger partial charge in [0.1, 0.15) is 0 Å². The van der Waals surface area contributed by atoms with E-state index in [0.717, 1.165) is 22.3 Å². The van der Waals surface area contributed by atoms with Crippen LogP contribution in [0.25, 0.3) is 0 Å². The van der Waals surface area contributed by atoms with Gasteiger partial charge in [-0.15, -0.1) is 0 Å². The van der Waals surface area contributed by atoms with E-state index in [0.29, 0.717) is 5.02 Å². The molecule has 0 radical (unpaired) electrons. The summed E-state index contributed by atoms with van der Waals surface area (Å²) in [5.74, 6) is -0.329. The Balaban J connectivity index is 2.47. The molecule has 0 spiro atoms. The molecule has 27 heavy (non-hydrogen) atoms. The minimum absolute atomic E-state index is 0.329. The van der Waals surface area contributed by atoms with Crippen LogP contribution in [0.3, 0.4) is 0 Å². The number of aryl methyl sites for hydroxylation is 1. The van der Waals surface area contributed by atoms with Crippen LogP contribution < -0.4 is 0 Å². The van der Waals surface area contributed by atoms with Gasteiger partial charge >= 0.3 is 178 Å². The monoisotopic (exact) mass is 516 g/mol. The maximum atomic E-state index is 13.7. The molecule has 0 aliphatic heterocycles. The molecular formula is C21H20ClFIO2P. The minimum atomic E-state index is -3.44. The second-order valence-corrected chi connectivity index (χ2v) is 13.4. The fourth-order valence-electron chi connectivity index (χ4n) is 3.55. The summed E-state index contributed by atoms with van der Waals surface area (Å²) in [6.07, 6.45) is 0. The summed E-state index contributed by atoms with van der Waals surface area (Å²) < 4.78 is 19.4. The first kappa shape index (κ1) is 20.7. The van der Waals surface area contributed by atoms with Gasteiger partial charge in [0, 0.05) is 0 Å². The maximum absolute atomic E-state index is 13.7. The standard InChI is InChI=1S/C21H20ClFIO2P/c1-15-5-3-4-6-20(15)21(27(24,25)26-2,16-7-11-18(22)12-8-16)17-9-13-19(23)14-10-17/h3-14,25,27H,1-2H3. The van der Waals surface area contributed by atoms with Gasteiger partial charge in [0.2, 0.25) is 0 Å². The van der Waals surface area contributed by atoms with Gasteiger partial charge in [-0.2, -0.15) is 0 Å². The molecule has 1 N–H and O–H groups in total. The van der Waals surface area contributed by atoms with Gasteiger partial charge < -0.3 is 0 Å². The van der Waals surface area contributed by atoms with E-state index >= 15 is 0 Å². The Morgan fingerprint density at radius 3 is 2.00 bits per heavy atom. The van der Waals surface area contributed by atoms with Crippen LogP contribution in [0.2, 0.25) is 5.02 Å². The molecule has 3 aromatic carbocycles. The third-order valence-electron chi connectivity index (χ3n) is 4.84. The Labute approximate surface area is 177 Å². The van der Waals surface area contributed by atoms with Gasteiger partial charge in [0.15, 0.2) is 0 Å². The Hall–Kier alpha value is -1.04. The zero-order chi connectivity index (χ0) is 19.7. The Morgan fingerprint density at radius 1 is 0.963 bits per heavy atom. The Morgan fingerprint density at radius 2 is 1.48 bits per heavy atom. The molecule has 0 aromatic heterocycles. The van der Waals surface area contributed by atoms with E-state index in [1.54, 1.807) is 24.3 Å². The Kier molecular flexibility index (Phi) is 6.24. The van der Waals surface area contributed by atoms with Crippen molar-refractivity contribution in [3.8, 4) is 0 Å². The summed E-state index contributed by atoms with van der Waals surface area (Å²) in [7, 11) is 1.52. The topological polar surface area (TPSA) is 29.5 Å². The van der Waals surface area contributed by atoms with Gasteiger partial charge in [-0.1, -0.05) is 0 Å². The number of rotatable bonds is 5. The zero-order valence-electron chi connectivity index (χ0n) is 14.9. The second-order valence-electron chi connectivity index (χ2n) is 6.34. The van der Waals surface area contributed by atoms with Gasteiger partial charge in [0.25, 0.3) is 0 Å². The predicted octanol–water partition coefficient (Wildman–Crippen LogP) is 6.65. The van der Waals surface area contributed by atoms with Crippen LogP contribution in [0.4, 0.5) is 4.39 Å². The summed E-state index contributed by atoms with van der Waals surface area (Å²) in [5.41, 5.74) is 3.55. The first-order chi connectivity index (χ1) is 12.8. The van der Waals surface area contributed by atoms with Gasteiger partial charge in [0.05, 0.1) is 0 Å². The van der Waals surface area contributed by atoms with Crippen molar-refractivity contribution in [2.75, 3.05) is 7.11 Å². The molecule has 0 amide bonds. The molecule has 0 saturated heterocycles. The van der Waals surface area contributed by atoms with Gasteiger partial charge in [-0.05, 0) is 0 Å². The van der Waals surface area contributed by atoms with Crippen LogP contribution in [0.5, 0.6) is 0 Å². The van der Waals surface area contributed by atoms with Crippen LogP contribution >= 0.6 is 39.0 Å². The molecule has 1 unspecified atom stereocenters. The van der Waals surface area contributed by atoms with Crippen molar-refractivity contribution in [1.82, 2.24) is 0 Å². The molecule has 0 heterocycles. The molecule has 0 saturated carbocycles. The summed E-state index contributed by atoms with van der Waals surface area (Å²) >= 11 is 8.16. The second kappa shape index (κ2) is 8.14. The number of hydrogen-bond donors (Lipinski definition) is 1. The molecule has 0 aliphatic carbocycles. The fourth-order valence-corrected chi connectivity index (χ4v) is 8.38. The van der Waals surface area contributed by atoms with Crippen molar-refractivity contribution in [3.63, 3.8) is 0 Å². The number of benzene rings is 3. The van der Waals surface area contributed by atoms with Crippen LogP contribution in [0.15, 0.2) is 72.8 Å². The van der Waals surface area contributed by atoms with Crippen molar-refractivity contribution < 1.29 is 13.8 Å². The van der Waals surface area contributed by atoms with Crippen LogP contribution in [-0.4, -0.2) is 12.0 Å². The molecule has 6 heteroatoms. The van der Waals surface area contributed by atoms with Crippen LogP contribution in [0.1, 0.15) is 22.3 Å². The number of halogens is 3. The third kappa shape index (κ3) is 3.66. The number of hydrogen-bond acceptors (Lipinski definition) is 2. The quantitative estimate of drug-likeness (QED) is 0.234. The van der Waals surface area contributed by atoms with E-state index < -0.39 is 10.5 Å². The normalized spacial score (nSPS) is 14.6. The zero-order valence-corrected chi connectivity index (χ0v) is 18.8. The molecule has 3 aromatic rings. The Bertz CT molecular complexity index is 884. The summed E-state index contributed by atoms with van der Waals surface area (Å²) in [6, 6.07) is 21.5. The van der Waals surface area contributed by atoms with Crippen molar-refractivity contribution in [2.24, 2.45) is 0 Å². The summed E-state index contributed by atoms with van der Waals surface area (Å²) in [5, 5.41) is -3.80. The summed E-state index contributed by atoms with van der Waals surface area (Å²) in [4.78, 5) is 11.6. The third-order valence-corrected chi connectivity index (χ3v) is 11.1. The SMILES string of the molecule is CO[PH](O)(I)C(c1ccc(F)cc1)(c1ccc(Cl)cc1)c1ccccc1C. The van der Waals surface area contributed by atoms with Crippen LogP contribution in [-0.2, 0) is 9.68 Å². The fraction of sp³-hybridized carbons (Fsp3) is 0.143. The first-order valence-electron chi connectivity index (χ1n) is 8.37. The average molecular weight is 517 g/mol. The molecule has 0 fully saturated rings. The molecular weight excluding hydrogens is 497 g/mol. The first-order valence-corrected chi connectivity index (χ1v) is 13.7. The van der Waals surface area contributed by atoms with E-state index in [-0.39, 0.29) is 5.82 Å². The van der Waals surface area contributed by atoms with E-state index in [2.05, 4.69) is 0 Å². The van der Waals surface area contributed by atoms with Crippen molar-refractivity contribution in [1.29, 1.82) is 0 Å². The average Bonchev–Trinajstić information content (AvgIpc) is 2.66. The van der Waals surface area contributed by atoms with Gasteiger partial charge in [-0.3, -0.25) is 0 Å². The molecule has 142 valence electrons. The molecule has 3 rings (SSSR count). The van der Waals surface area contributed by atoms with Crippen LogP contribution in [0, 0.1) is 12.7 Å².